The number of pyridine rings is 1. The lowest BCUT2D eigenvalue weighted by molar-refractivity contribution is -0.140. The van der Waals surface area contributed by atoms with Crippen LogP contribution in [0.2, 0.25) is 0 Å². The Balaban J connectivity index is 1.59. The van der Waals surface area contributed by atoms with Gasteiger partial charge < -0.3 is 9.14 Å². The molecular weight excluding hydrogens is 364 g/mol. The Morgan fingerprint density at radius 3 is 2.44 bits per heavy atom. The second-order valence-corrected chi connectivity index (χ2v) is 5.62. The highest BCUT2D eigenvalue weighted by atomic mass is 19.4. The van der Waals surface area contributed by atoms with Gasteiger partial charge in [-0.2, -0.15) is 13.2 Å². The summed E-state index contributed by atoms with van der Waals surface area (Å²) in [5.74, 6) is -0.198. The van der Waals surface area contributed by atoms with Crippen LogP contribution >= 0.6 is 0 Å². The Morgan fingerprint density at radius 2 is 1.74 bits per heavy atom. The van der Waals surface area contributed by atoms with E-state index in [4.69, 9.17) is 4.74 Å². The third-order valence-electron chi connectivity index (χ3n) is 3.72. The summed E-state index contributed by atoms with van der Waals surface area (Å²) < 4.78 is 58.1. The number of rotatable bonds is 3. The van der Waals surface area contributed by atoms with Gasteiger partial charge in [-0.15, -0.1) is 0 Å². The highest BCUT2D eigenvalue weighted by Crippen LogP contribution is 2.29. The summed E-state index contributed by atoms with van der Waals surface area (Å²) in [6, 6.07) is 8.68. The van der Waals surface area contributed by atoms with Crippen molar-refractivity contribution >= 4 is 5.65 Å². The van der Waals surface area contributed by atoms with Gasteiger partial charge in [0, 0.05) is 36.4 Å². The molecule has 5 nitrogen and oxygen atoms in total. The predicted molar refractivity (Wildman–Crippen MR) is 87.7 cm³/mol. The van der Waals surface area contributed by atoms with Gasteiger partial charge in [-0.3, -0.25) is 0 Å². The van der Waals surface area contributed by atoms with E-state index in [9.17, 15) is 17.6 Å². The van der Waals surface area contributed by atoms with Gasteiger partial charge in [0.25, 0.3) is 0 Å². The standard InChI is InChI=1S/C18H10F4N4O/c19-13-2-1-3-14(7-13)27-17-23-8-12(9-24-17)11-4-5-26-10-15(18(20,21)22)25-16(26)6-11/h1-10H. The highest BCUT2D eigenvalue weighted by Gasteiger charge is 2.33. The van der Waals surface area contributed by atoms with Crippen LogP contribution in [0.15, 0.2) is 61.2 Å². The van der Waals surface area contributed by atoms with E-state index in [0.717, 1.165) is 6.20 Å². The molecule has 3 aromatic heterocycles. The largest absolute Gasteiger partial charge is 0.434 e. The van der Waals surface area contributed by atoms with Gasteiger partial charge >= 0.3 is 12.2 Å². The van der Waals surface area contributed by atoms with Crippen LogP contribution in [-0.4, -0.2) is 19.4 Å². The molecule has 4 rings (SSSR count). The second-order valence-electron chi connectivity index (χ2n) is 5.62. The van der Waals surface area contributed by atoms with E-state index < -0.39 is 17.7 Å². The number of aromatic nitrogens is 4. The number of nitrogens with zero attached hydrogens (tertiary/aromatic N) is 4. The lowest BCUT2D eigenvalue weighted by Crippen LogP contribution is -2.04. The summed E-state index contributed by atoms with van der Waals surface area (Å²) in [6.45, 7) is 0. The van der Waals surface area contributed by atoms with Gasteiger partial charge in [-0.05, 0) is 29.8 Å². The molecule has 0 aliphatic rings. The molecule has 0 radical (unpaired) electrons. The van der Waals surface area contributed by atoms with Gasteiger partial charge in [-0.1, -0.05) is 6.07 Å². The summed E-state index contributed by atoms with van der Waals surface area (Å²) in [5.41, 5.74) is 0.356. The quantitative estimate of drug-likeness (QED) is 0.486. The van der Waals surface area contributed by atoms with Crippen LogP contribution in [0.4, 0.5) is 17.6 Å². The Hall–Kier alpha value is -3.49. The average Bonchev–Trinajstić information content (AvgIpc) is 3.06. The van der Waals surface area contributed by atoms with Crippen molar-refractivity contribution in [3.05, 3.63) is 72.7 Å². The van der Waals surface area contributed by atoms with Crippen LogP contribution in [0.25, 0.3) is 16.8 Å². The molecule has 0 saturated heterocycles. The summed E-state index contributed by atoms with van der Waals surface area (Å²) in [4.78, 5) is 11.7. The lowest BCUT2D eigenvalue weighted by atomic mass is 10.1. The van der Waals surface area contributed by atoms with Crippen LogP contribution in [0.5, 0.6) is 11.8 Å². The van der Waals surface area contributed by atoms with Crippen LogP contribution in [0.3, 0.4) is 0 Å². The molecule has 0 unspecified atom stereocenters. The molecule has 0 saturated carbocycles. The van der Waals surface area contributed by atoms with Crippen molar-refractivity contribution in [1.82, 2.24) is 19.4 Å². The SMILES string of the molecule is Fc1cccc(Oc2ncc(-c3ccn4cc(C(F)(F)F)nc4c3)cn2)c1. The number of halogens is 4. The molecule has 1 aromatic carbocycles. The Morgan fingerprint density at radius 1 is 0.963 bits per heavy atom. The first kappa shape index (κ1) is 17.0. The molecule has 0 aliphatic heterocycles. The highest BCUT2D eigenvalue weighted by molar-refractivity contribution is 5.66. The fraction of sp³-hybridized carbons (Fsp3) is 0.0556. The number of imidazole rings is 1. The maximum atomic E-state index is 13.2. The third-order valence-corrected chi connectivity index (χ3v) is 3.72. The van der Waals surface area contributed by atoms with Gasteiger partial charge in [0.2, 0.25) is 0 Å². The number of hydrogen-bond acceptors (Lipinski definition) is 4. The number of benzene rings is 1. The zero-order chi connectivity index (χ0) is 19.0. The molecule has 3 heterocycles. The average molecular weight is 374 g/mol. The fourth-order valence-corrected chi connectivity index (χ4v) is 2.45. The van der Waals surface area contributed by atoms with E-state index in [1.165, 1.54) is 47.3 Å². The van der Waals surface area contributed by atoms with E-state index >= 15 is 0 Å². The molecule has 0 fully saturated rings. The minimum Gasteiger partial charge on any atom is -0.424 e. The van der Waals surface area contributed by atoms with Crippen molar-refractivity contribution in [2.75, 3.05) is 0 Å². The molecular formula is C18H10F4N4O. The molecule has 0 spiro atoms. The van der Waals surface area contributed by atoms with E-state index in [-0.39, 0.29) is 17.4 Å². The van der Waals surface area contributed by atoms with Crippen molar-refractivity contribution in [3.63, 3.8) is 0 Å². The molecule has 0 N–H and O–H groups in total. The maximum Gasteiger partial charge on any atom is 0.434 e. The topological polar surface area (TPSA) is 52.3 Å². The van der Waals surface area contributed by atoms with Crippen molar-refractivity contribution in [3.8, 4) is 22.9 Å². The molecule has 136 valence electrons. The van der Waals surface area contributed by atoms with Gasteiger partial charge in [0.1, 0.15) is 17.2 Å². The fourth-order valence-electron chi connectivity index (χ4n) is 2.45. The van der Waals surface area contributed by atoms with Gasteiger partial charge in [0.05, 0.1) is 0 Å². The number of fused-ring (bicyclic) bond motifs is 1. The first-order chi connectivity index (χ1) is 12.9. The molecule has 0 atom stereocenters. The van der Waals surface area contributed by atoms with Gasteiger partial charge in [0.15, 0.2) is 5.69 Å². The first-order valence-electron chi connectivity index (χ1n) is 7.70. The minimum atomic E-state index is -4.51. The van der Waals surface area contributed by atoms with Crippen molar-refractivity contribution in [2.45, 2.75) is 6.18 Å². The normalized spacial score (nSPS) is 11.7. The maximum absolute atomic E-state index is 13.2. The summed E-state index contributed by atoms with van der Waals surface area (Å²) >= 11 is 0. The molecule has 0 bridgehead atoms. The predicted octanol–water partition coefficient (Wildman–Crippen LogP) is 4.74. The van der Waals surface area contributed by atoms with E-state index in [1.54, 1.807) is 12.1 Å². The summed E-state index contributed by atoms with van der Waals surface area (Å²) in [5, 5.41) is 0. The second kappa shape index (κ2) is 6.35. The van der Waals surface area contributed by atoms with E-state index in [0.29, 0.717) is 11.1 Å². The minimum absolute atomic E-state index is 0.0191. The molecule has 0 amide bonds. The van der Waals surface area contributed by atoms with E-state index in [1.807, 2.05) is 0 Å². The molecule has 9 heteroatoms. The number of alkyl halides is 3. The summed E-state index contributed by atoms with van der Waals surface area (Å²) in [6.07, 6.45) is 0.808. The number of hydrogen-bond donors (Lipinski definition) is 0. The van der Waals surface area contributed by atoms with Crippen molar-refractivity contribution in [2.24, 2.45) is 0 Å². The smallest absolute Gasteiger partial charge is 0.424 e. The van der Waals surface area contributed by atoms with Gasteiger partial charge in [-0.25, -0.2) is 19.3 Å². The van der Waals surface area contributed by atoms with Crippen molar-refractivity contribution < 1.29 is 22.3 Å². The molecule has 0 aliphatic carbocycles. The zero-order valence-electron chi connectivity index (χ0n) is 13.5. The van der Waals surface area contributed by atoms with Crippen LogP contribution < -0.4 is 4.74 Å². The first-order valence-corrected chi connectivity index (χ1v) is 7.70. The molecule has 27 heavy (non-hydrogen) atoms. The Bertz CT molecular complexity index is 1110. The third kappa shape index (κ3) is 3.57. The lowest BCUT2D eigenvalue weighted by Gasteiger charge is -2.05. The Labute approximate surface area is 149 Å². The van der Waals surface area contributed by atoms with Crippen molar-refractivity contribution in [1.29, 1.82) is 0 Å². The van der Waals surface area contributed by atoms with Crippen LogP contribution in [0.1, 0.15) is 5.69 Å². The Kier molecular flexibility index (Phi) is 3.98. The van der Waals surface area contributed by atoms with E-state index in [2.05, 4.69) is 15.0 Å². The monoisotopic (exact) mass is 374 g/mol. The zero-order valence-corrected chi connectivity index (χ0v) is 13.5. The summed E-state index contributed by atoms with van der Waals surface area (Å²) in [7, 11) is 0. The van der Waals surface area contributed by atoms with Crippen LogP contribution in [0, 0.1) is 5.82 Å². The number of ether oxygens (including phenoxy) is 1. The van der Waals surface area contributed by atoms with Crippen LogP contribution in [-0.2, 0) is 6.18 Å². The molecule has 4 aromatic rings.